The molecule has 15 heavy (non-hydrogen) atoms. The second-order valence-corrected chi connectivity index (χ2v) is 4.41. The van der Waals surface area contributed by atoms with Crippen molar-refractivity contribution < 1.29 is 0 Å². The van der Waals surface area contributed by atoms with Crippen LogP contribution in [0.1, 0.15) is 13.8 Å². The molecule has 0 aliphatic carbocycles. The monoisotopic (exact) mass is 286 g/mol. The van der Waals surface area contributed by atoms with Gasteiger partial charge >= 0.3 is 0 Å². The van der Waals surface area contributed by atoms with Gasteiger partial charge in [-0.15, -0.1) is 0 Å². The molecule has 82 valence electrons. The van der Waals surface area contributed by atoms with E-state index in [-0.39, 0.29) is 0 Å². The topological polar surface area (TPSA) is 15.3 Å². The summed E-state index contributed by atoms with van der Waals surface area (Å²) < 4.78 is 1.07. The Bertz CT molecular complexity index is 320. The minimum atomic E-state index is 0.780. The molecule has 1 aromatic carbocycles. The molecule has 0 saturated carbocycles. The predicted molar refractivity (Wildman–Crippen MR) is 73.3 cm³/mol. The normalized spacial score (nSPS) is 9.80. The molecular formula is C11H15BrN2S. The number of hydrogen-bond donors (Lipinski definition) is 1. The number of thiocarbonyl (C=S) groups is 1. The van der Waals surface area contributed by atoms with E-state index in [0.717, 1.165) is 28.4 Å². The summed E-state index contributed by atoms with van der Waals surface area (Å²) in [6.07, 6.45) is 0. The fourth-order valence-electron chi connectivity index (χ4n) is 1.25. The van der Waals surface area contributed by atoms with Crippen molar-refractivity contribution in [2.45, 2.75) is 13.8 Å². The van der Waals surface area contributed by atoms with Crippen LogP contribution < -0.4 is 5.32 Å². The average Bonchev–Trinajstić information content (AvgIpc) is 2.23. The van der Waals surface area contributed by atoms with E-state index in [1.54, 1.807) is 0 Å². The van der Waals surface area contributed by atoms with Crippen molar-refractivity contribution >= 4 is 38.9 Å². The summed E-state index contributed by atoms with van der Waals surface area (Å²) in [7, 11) is 0. The van der Waals surface area contributed by atoms with E-state index >= 15 is 0 Å². The van der Waals surface area contributed by atoms with Gasteiger partial charge in [-0.05, 0) is 50.3 Å². The summed E-state index contributed by atoms with van der Waals surface area (Å²) in [5, 5.41) is 3.99. The SMILES string of the molecule is CCN(CC)C(=S)Nc1ccc(Br)cc1. The number of benzene rings is 1. The molecule has 0 unspecified atom stereocenters. The van der Waals surface area contributed by atoms with E-state index < -0.39 is 0 Å². The van der Waals surface area contributed by atoms with Crippen molar-refractivity contribution in [2.24, 2.45) is 0 Å². The minimum absolute atomic E-state index is 0.780. The van der Waals surface area contributed by atoms with Gasteiger partial charge in [0.1, 0.15) is 0 Å². The first kappa shape index (κ1) is 12.5. The van der Waals surface area contributed by atoms with Crippen LogP contribution in [0, 0.1) is 0 Å². The van der Waals surface area contributed by atoms with Crippen LogP contribution in [0.5, 0.6) is 0 Å². The van der Waals surface area contributed by atoms with E-state index in [9.17, 15) is 0 Å². The van der Waals surface area contributed by atoms with Gasteiger partial charge < -0.3 is 10.2 Å². The van der Waals surface area contributed by atoms with Gasteiger partial charge in [-0.25, -0.2) is 0 Å². The lowest BCUT2D eigenvalue weighted by Crippen LogP contribution is -2.34. The summed E-state index contributed by atoms with van der Waals surface area (Å²) in [5.74, 6) is 0. The molecule has 1 rings (SSSR count). The predicted octanol–water partition coefficient (Wildman–Crippen LogP) is 3.49. The van der Waals surface area contributed by atoms with Gasteiger partial charge in [0.05, 0.1) is 0 Å². The molecule has 0 spiro atoms. The Balaban J connectivity index is 2.61. The number of nitrogens with zero attached hydrogens (tertiary/aromatic N) is 1. The maximum Gasteiger partial charge on any atom is 0.173 e. The standard InChI is InChI=1S/C11H15BrN2S/c1-3-14(4-2)11(15)13-10-7-5-9(12)6-8-10/h5-8H,3-4H2,1-2H3,(H,13,15). The number of rotatable bonds is 3. The molecule has 0 bridgehead atoms. The summed E-state index contributed by atoms with van der Waals surface area (Å²) in [6, 6.07) is 7.99. The van der Waals surface area contributed by atoms with E-state index in [0.29, 0.717) is 0 Å². The maximum atomic E-state index is 5.29. The maximum absolute atomic E-state index is 5.29. The second-order valence-electron chi connectivity index (χ2n) is 3.11. The number of anilines is 1. The highest BCUT2D eigenvalue weighted by Crippen LogP contribution is 2.14. The zero-order chi connectivity index (χ0) is 11.3. The molecule has 0 aliphatic rings. The summed E-state index contributed by atoms with van der Waals surface area (Å²) >= 11 is 8.69. The van der Waals surface area contributed by atoms with Gasteiger partial charge in [-0.2, -0.15) is 0 Å². The molecule has 0 amide bonds. The molecule has 0 fully saturated rings. The first-order valence-electron chi connectivity index (χ1n) is 4.98. The Morgan fingerprint density at radius 2 is 1.80 bits per heavy atom. The van der Waals surface area contributed by atoms with Gasteiger partial charge in [0.15, 0.2) is 5.11 Å². The number of nitrogens with one attached hydrogen (secondary N) is 1. The zero-order valence-electron chi connectivity index (χ0n) is 8.96. The van der Waals surface area contributed by atoms with E-state index in [4.69, 9.17) is 12.2 Å². The molecule has 4 heteroatoms. The van der Waals surface area contributed by atoms with Gasteiger partial charge in [-0.1, -0.05) is 15.9 Å². The molecule has 1 aromatic rings. The van der Waals surface area contributed by atoms with Crippen molar-refractivity contribution in [1.82, 2.24) is 4.90 Å². The van der Waals surface area contributed by atoms with E-state index in [1.165, 1.54) is 0 Å². The van der Waals surface area contributed by atoms with Crippen LogP contribution in [0.25, 0.3) is 0 Å². The Hall–Kier alpha value is -0.610. The lowest BCUT2D eigenvalue weighted by Gasteiger charge is -2.22. The molecule has 0 radical (unpaired) electrons. The van der Waals surface area contributed by atoms with Crippen molar-refractivity contribution in [3.63, 3.8) is 0 Å². The van der Waals surface area contributed by atoms with Crippen LogP contribution in [0.4, 0.5) is 5.69 Å². The van der Waals surface area contributed by atoms with Gasteiger partial charge in [-0.3, -0.25) is 0 Å². The Morgan fingerprint density at radius 1 is 1.27 bits per heavy atom. The van der Waals surface area contributed by atoms with Crippen molar-refractivity contribution in [3.8, 4) is 0 Å². The Kier molecular flexibility index (Phi) is 5.05. The van der Waals surface area contributed by atoms with Crippen LogP contribution in [0.15, 0.2) is 28.7 Å². The number of hydrogen-bond acceptors (Lipinski definition) is 1. The molecule has 0 aliphatic heterocycles. The number of halogens is 1. The third kappa shape index (κ3) is 3.80. The fraction of sp³-hybridized carbons (Fsp3) is 0.364. The lowest BCUT2D eigenvalue weighted by atomic mass is 10.3. The highest BCUT2D eigenvalue weighted by atomic mass is 79.9. The van der Waals surface area contributed by atoms with E-state index in [2.05, 4.69) is 40.0 Å². The highest BCUT2D eigenvalue weighted by Gasteiger charge is 2.04. The molecule has 0 heterocycles. The van der Waals surface area contributed by atoms with Crippen molar-refractivity contribution in [1.29, 1.82) is 0 Å². The van der Waals surface area contributed by atoms with Gasteiger partial charge in [0, 0.05) is 23.2 Å². The summed E-state index contributed by atoms with van der Waals surface area (Å²) in [4.78, 5) is 2.11. The first-order valence-corrected chi connectivity index (χ1v) is 6.19. The van der Waals surface area contributed by atoms with Crippen LogP contribution in [-0.4, -0.2) is 23.1 Å². The third-order valence-electron chi connectivity index (χ3n) is 2.15. The van der Waals surface area contributed by atoms with Gasteiger partial charge in [0.2, 0.25) is 0 Å². The van der Waals surface area contributed by atoms with Crippen LogP contribution in [0.2, 0.25) is 0 Å². The van der Waals surface area contributed by atoms with Crippen LogP contribution >= 0.6 is 28.1 Å². The van der Waals surface area contributed by atoms with Crippen LogP contribution in [-0.2, 0) is 0 Å². The van der Waals surface area contributed by atoms with E-state index in [1.807, 2.05) is 24.3 Å². The van der Waals surface area contributed by atoms with Gasteiger partial charge in [0.25, 0.3) is 0 Å². The van der Waals surface area contributed by atoms with Crippen molar-refractivity contribution in [3.05, 3.63) is 28.7 Å². The summed E-state index contributed by atoms with van der Waals surface area (Å²) in [5.41, 5.74) is 1.02. The lowest BCUT2D eigenvalue weighted by molar-refractivity contribution is 0.473. The second kappa shape index (κ2) is 6.08. The zero-order valence-corrected chi connectivity index (χ0v) is 11.4. The minimum Gasteiger partial charge on any atom is -0.350 e. The van der Waals surface area contributed by atoms with Crippen molar-refractivity contribution in [2.75, 3.05) is 18.4 Å². The molecule has 0 saturated heterocycles. The molecule has 2 nitrogen and oxygen atoms in total. The molecule has 0 atom stereocenters. The fourth-order valence-corrected chi connectivity index (χ4v) is 1.89. The smallest absolute Gasteiger partial charge is 0.173 e. The quantitative estimate of drug-likeness (QED) is 0.857. The third-order valence-corrected chi connectivity index (χ3v) is 3.04. The first-order chi connectivity index (χ1) is 7.17. The summed E-state index contributed by atoms with van der Waals surface area (Å²) in [6.45, 7) is 6.05. The molecule has 1 N–H and O–H groups in total. The largest absolute Gasteiger partial charge is 0.350 e. The van der Waals surface area contributed by atoms with Crippen LogP contribution in [0.3, 0.4) is 0 Å². The molecule has 0 aromatic heterocycles. The average molecular weight is 287 g/mol. The Labute approximate surface area is 105 Å². The Morgan fingerprint density at radius 3 is 2.27 bits per heavy atom. The highest BCUT2D eigenvalue weighted by molar-refractivity contribution is 9.10. The molecular weight excluding hydrogens is 272 g/mol.